The van der Waals surface area contributed by atoms with Gasteiger partial charge in [-0.1, -0.05) is 23.2 Å². The second-order valence-electron chi connectivity index (χ2n) is 4.25. The molecule has 1 rings (SSSR count). The fraction of sp³-hybridized carbons (Fsp3) is 0.429. The molecule has 5 nitrogen and oxygen atoms in total. The Hall–Kier alpha value is -1.46. The van der Waals surface area contributed by atoms with Crippen LogP contribution in [0.1, 0.15) is 23.7 Å². The lowest BCUT2D eigenvalue weighted by molar-refractivity contribution is -0.143. The summed E-state index contributed by atoms with van der Waals surface area (Å²) < 4.78 is 9.84. The summed E-state index contributed by atoms with van der Waals surface area (Å²) in [4.78, 5) is 24.9. The highest BCUT2D eigenvalue weighted by Crippen LogP contribution is 2.34. The molecule has 0 spiro atoms. The van der Waals surface area contributed by atoms with Crippen LogP contribution in [0.4, 0.5) is 0 Å². The molecule has 7 heteroatoms. The fourth-order valence-electron chi connectivity index (χ4n) is 1.69. The van der Waals surface area contributed by atoms with Gasteiger partial charge in [0.05, 0.1) is 30.2 Å². The van der Waals surface area contributed by atoms with Crippen LogP contribution in [-0.4, -0.2) is 44.1 Å². The van der Waals surface area contributed by atoms with Gasteiger partial charge in [0.15, 0.2) is 5.75 Å². The van der Waals surface area contributed by atoms with E-state index in [-0.39, 0.29) is 34.9 Å². The van der Waals surface area contributed by atoms with Gasteiger partial charge in [-0.2, -0.15) is 0 Å². The molecule has 0 radical (unpaired) electrons. The van der Waals surface area contributed by atoms with Crippen molar-refractivity contribution in [3.63, 3.8) is 0 Å². The average molecular weight is 334 g/mol. The predicted molar refractivity (Wildman–Crippen MR) is 81.2 cm³/mol. The molecule has 1 aromatic rings. The molecule has 0 bridgehead atoms. The predicted octanol–water partition coefficient (Wildman–Crippen LogP) is 3.03. The van der Waals surface area contributed by atoms with Crippen LogP contribution in [0.25, 0.3) is 0 Å². The van der Waals surface area contributed by atoms with Gasteiger partial charge in [-0.25, -0.2) is 0 Å². The Bertz CT molecular complexity index is 511. The third kappa shape index (κ3) is 4.79. The van der Waals surface area contributed by atoms with E-state index in [0.29, 0.717) is 17.9 Å². The summed E-state index contributed by atoms with van der Waals surface area (Å²) >= 11 is 12.0. The summed E-state index contributed by atoms with van der Waals surface area (Å²) in [7, 11) is 3.04. The molecule has 0 aliphatic heterocycles. The summed E-state index contributed by atoms with van der Waals surface area (Å²) in [5.41, 5.74) is 0.331. The average Bonchev–Trinajstić information content (AvgIpc) is 2.43. The van der Waals surface area contributed by atoms with Crippen LogP contribution in [0.3, 0.4) is 0 Å². The minimum absolute atomic E-state index is 0.133. The molecular weight excluding hydrogens is 317 g/mol. The van der Waals surface area contributed by atoms with E-state index in [1.807, 2.05) is 0 Å². The maximum Gasteiger partial charge on any atom is 0.307 e. The number of rotatable bonds is 6. The molecular formula is C14H17Cl2NO4. The van der Waals surface area contributed by atoms with Gasteiger partial charge in [0.25, 0.3) is 5.91 Å². The van der Waals surface area contributed by atoms with E-state index in [1.165, 1.54) is 24.1 Å². The second-order valence-corrected chi connectivity index (χ2v) is 5.07. The summed E-state index contributed by atoms with van der Waals surface area (Å²) in [6, 6.07) is 2.96. The van der Waals surface area contributed by atoms with Gasteiger partial charge in [-0.05, 0) is 19.1 Å². The first-order valence-electron chi connectivity index (χ1n) is 6.34. The Morgan fingerprint density at radius 3 is 2.29 bits per heavy atom. The van der Waals surface area contributed by atoms with Crippen molar-refractivity contribution in [1.82, 2.24) is 4.90 Å². The van der Waals surface area contributed by atoms with Crippen LogP contribution in [0.5, 0.6) is 5.75 Å². The highest BCUT2D eigenvalue weighted by atomic mass is 35.5. The minimum atomic E-state index is -0.344. The van der Waals surface area contributed by atoms with Crippen LogP contribution >= 0.6 is 23.2 Å². The van der Waals surface area contributed by atoms with Crippen molar-refractivity contribution in [2.45, 2.75) is 13.3 Å². The number of benzene rings is 1. The van der Waals surface area contributed by atoms with E-state index in [4.69, 9.17) is 32.7 Å². The van der Waals surface area contributed by atoms with Gasteiger partial charge in [0.2, 0.25) is 0 Å². The zero-order valence-corrected chi connectivity index (χ0v) is 13.6. The number of amides is 1. The van der Waals surface area contributed by atoms with Gasteiger partial charge < -0.3 is 14.4 Å². The molecule has 0 heterocycles. The number of carbonyl (C=O) groups excluding carboxylic acids is 2. The zero-order chi connectivity index (χ0) is 16.0. The topological polar surface area (TPSA) is 55.8 Å². The van der Waals surface area contributed by atoms with Gasteiger partial charge >= 0.3 is 5.97 Å². The molecule has 0 saturated heterocycles. The van der Waals surface area contributed by atoms with E-state index < -0.39 is 0 Å². The summed E-state index contributed by atoms with van der Waals surface area (Å²) in [6.45, 7) is 2.30. The molecule has 0 aliphatic rings. The molecule has 21 heavy (non-hydrogen) atoms. The van der Waals surface area contributed by atoms with Crippen molar-refractivity contribution in [1.29, 1.82) is 0 Å². The molecule has 1 aromatic carbocycles. The van der Waals surface area contributed by atoms with Gasteiger partial charge in [0.1, 0.15) is 0 Å². The Morgan fingerprint density at radius 2 is 1.81 bits per heavy atom. The zero-order valence-electron chi connectivity index (χ0n) is 12.1. The van der Waals surface area contributed by atoms with Crippen molar-refractivity contribution in [2.75, 3.05) is 27.3 Å². The minimum Gasteiger partial charge on any atom is -0.494 e. The Balaban J connectivity index is 2.77. The van der Waals surface area contributed by atoms with Crippen molar-refractivity contribution in [3.8, 4) is 5.75 Å². The number of esters is 1. The first-order valence-corrected chi connectivity index (χ1v) is 7.10. The Kier molecular flexibility index (Phi) is 6.78. The summed E-state index contributed by atoms with van der Waals surface area (Å²) in [5.74, 6) is -0.308. The van der Waals surface area contributed by atoms with Crippen molar-refractivity contribution >= 4 is 35.1 Å². The number of hydrogen-bond acceptors (Lipinski definition) is 4. The molecule has 0 N–H and O–H groups in total. The molecule has 116 valence electrons. The van der Waals surface area contributed by atoms with Crippen LogP contribution in [0.2, 0.25) is 10.0 Å². The largest absolute Gasteiger partial charge is 0.494 e. The third-order valence-electron chi connectivity index (χ3n) is 2.75. The smallest absolute Gasteiger partial charge is 0.307 e. The quantitative estimate of drug-likeness (QED) is 0.751. The second kappa shape index (κ2) is 8.10. The summed E-state index contributed by atoms with van der Waals surface area (Å²) in [6.07, 6.45) is 0.133. The number of halogens is 2. The van der Waals surface area contributed by atoms with Crippen molar-refractivity contribution in [2.24, 2.45) is 0 Å². The summed E-state index contributed by atoms with van der Waals surface area (Å²) in [5, 5.41) is 0.513. The number of carbonyl (C=O) groups is 2. The Labute approximate surface area is 133 Å². The number of nitrogens with zero attached hydrogens (tertiary/aromatic N) is 1. The molecule has 1 amide bonds. The van der Waals surface area contributed by atoms with E-state index in [1.54, 1.807) is 14.0 Å². The number of hydrogen-bond donors (Lipinski definition) is 0. The van der Waals surface area contributed by atoms with E-state index >= 15 is 0 Å². The highest BCUT2D eigenvalue weighted by molar-refractivity contribution is 6.37. The van der Waals surface area contributed by atoms with Crippen molar-refractivity contribution in [3.05, 3.63) is 27.7 Å². The molecule has 0 aromatic heterocycles. The van der Waals surface area contributed by atoms with E-state index in [0.717, 1.165) is 0 Å². The van der Waals surface area contributed by atoms with Crippen LogP contribution in [0.15, 0.2) is 12.1 Å². The Morgan fingerprint density at radius 1 is 1.24 bits per heavy atom. The van der Waals surface area contributed by atoms with Gasteiger partial charge in [0, 0.05) is 19.2 Å². The van der Waals surface area contributed by atoms with E-state index in [9.17, 15) is 9.59 Å². The number of methoxy groups -OCH3 is 1. The van der Waals surface area contributed by atoms with Crippen molar-refractivity contribution < 1.29 is 19.1 Å². The van der Waals surface area contributed by atoms with Crippen LogP contribution < -0.4 is 4.74 Å². The lowest BCUT2D eigenvalue weighted by atomic mass is 10.2. The molecule has 0 aliphatic carbocycles. The van der Waals surface area contributed by atoms with Crippen LogP contribution in [-0.2, 0) is 9.53 Å². The fourth-order valence-corrected chi connectivity index (χ4v) is 2.33. The lowest BCUT2D eigenvalue weighted by Gasteiger charge is -2.17. The van der Waals surface area contributed by atoms with Gasteiger partial charge in [-0.3, -0.25) is 9.59 Å². The lowest BCUT2D eigenvalue weighted by Crippen LogP contribution is -2.29. The highest BCUT2D eigenvalue weighted by Gasteiger charge is 2.17. The molecule has 0 fully saturated rings. The van der Waals surface area contributed by atoms with Crippen LogP contribution in [0, 0.1) is 0 Å². The first-order chi connectivity index (χ1) is 9.90. The van der Waals surface area contributed by atoms with E-state index in [2.05, 4.69) is 0 Å². The molecule has 0 unspecified atom stereocenters. The SMILES string of the molecule is CCOC(=O)CCN(C)C(=O)c1cc(Cl)c(OC)c(Cl)c1. The maximum atomic E-state index is 12.2. The molecule has 0 saturated carbocycles. The van der Waals surface area contributed by atoms with Gasteiger partial charge in [-0.15, -0.1) is 0 Å². The molecule has 0 atom stereocenters. The monoisotopic (exact) mass is 333 g/mol. The number of ether oxygens (including phenoxy) is 2. The first kappa shape index (κ1) is 17.6. The third-order valence-corrected chi connectivity index (χ3v) is 3.31. The normalized spacial score (nSPS) is 10.1. The standard InChI is InChI=1S/C14H17Cl2NO4/c1-4-21-12(18)5-6-17(2)14(19)9-7-10(15)13(20-3)11(16)8-9/h7-8H,4-6H2,1-3H3. The maximum absolute atomic E-state index is 12.2.